The van der Waals surface area contributed by atoms with Crippen LogP contribution in [0.4, 0.5) is 0 Å². The Morgan fingerprint density at radius 2 is 1.68 bits per heavy atom. The lowest BCUT2D eigenvalue weighted by Crippen LogP contribution is -2.51. The molecule has 1 aliphatic carbocycles. The summed E-state index contributed by atoms with van der Waals surface area (Å²) in [5.41, 5.74) is 1.82. The number of benzene rings is 2. The molecule has 1 aliphatic heterocycles. The molecule has 1 N–H and O–H groups in total. The van der Waals surface area contributed by atoms with E-state index in [9.17, 15) is 5.11 Å². The second-order valence-electron chi connectivity index (χ2n) is 7.61. The summed E-state index contributed by atoms with van der Waals surface area (Å²) in [5, 5.41) is 12.2. The van der Waals surface area contributed by atoms with Crippen molar-refractivity contribution in [2.24, 2.45) is 0 Å². The molecule has 146 valence electrons. The van der Waals surface area contributed by atoms with E-state index in [1.165, 1.54) is 0 Å². The minimum absolute atomic E-state index is 0.241. The molecule has 4 nitrogen and oxygen atoms in total. The summed E-state index contributed by atoms with van der Waals surface area (Å²) in [6.45, 7) is 3.74. The number of nitrogens with zero attached hydrogens (tertiary/aromatic N) is 2. The maximum atomic E-state index is 12.2. The molecule has 0 aromatic heterocycles. The Balaban J connectivity index is 1.88. The van der Waals surface area contributed by atoms with Crippen molar-refractivity contribution in [3.8, 4) is 5.75 Å². The fourth-order valence-electron chi connectivity index (χ4n) is 4.38. The van der Waals surface area contributed by atoms with Gasteiger partial charge < -0.3 is 14.7 Å². The zero-order chi connectivity index (χ0) is 19.6. The van der Waals surface area contributed by atoms with Gasteiger partial charge in [-0.2, -0.15) is 0 Å². The summed E-state index contributed by atoms with van der Waals surface area (Å²) >= 11 is 0. The third-order valence-corrected chi connectivity index (χ3v) is 5.88. The van der Waals surface area contributed by atoms with Gasteiger partial charge in [-0.25, -0.2) is 0 Å². The highest BCUT2D eigenvalue weighted by molar-refractivity contribution is 5.61. The predicted molar refractivity (Wildman–Crippen MR) is 113 cm³/mol. The van der Waals surface area contributed by atoms with E-state index in [1.54, 1.807) is 7.11 Å². The van der Waals surface area contributed by atoms with E-state index >= 15 is 0 Å². The molecule has 1 heterocycles. The zero-order valence-corrected chi connectivity index (χ0v) is 16.6. The fraction of sp³-hybridized carbons (Fsp3) is 0.333. The van der Waals surface area contributed by atoms with Crippen LogP contribution in [-0.4, -0.2) is 55.2 Å². The Labute approximate surface area is 167 Å². The van der Waals surface area contributed by atoms with Crippen molar-refractivity contribution in [2.75, 3.05) is 40.3 Å². The smallest absolute Gasteiger partial charge is 0.128 e. The highest BCUT2D eigenvalue weighted by Crippen LogP contribution is 2.46. The van der Waals surface area contributed by atoms with Crippen LogP contribution in [0.15, 0.2) is 66.8 Å². The van der Waals surface area contributed by atoms with Crippen molar-refractivity contribution >= 4 is 6.08 Å². The molecular weight excluding hydrogens is 348 g/mol. The summed E-state index contributed by atoms with van der Waals surface area (Å²) < 4.78 is 5.71. The summed E-state index contributed by atoms with van der Waals surface area (Å²) in [6, 6.07) is 15.9. The Hall–Kier alpha value is -2.40. The van der Waals surface area contributed by atoms with E-state index in [-0.39, 0.29) is 6.04 Å². The van der Waals surface area contributed by atoms with Gasteiger partial charge in [0.1, 0.15) is 11.4 Å². The molecule has 28 heavy (non-hydrogen) atoms. The first kappa shape index (κ1) is 18.9. The number of hydrogen-bond acceptors (Lipinski definition) is 4. The van der Waals surface area contributed by atoms with Crippen molar-refractivity contribution in [2.45, 2.75) is 11.6 Å². The number of piperazine rings is 1. The molecule has 2 aliphatic rings. The molecule has 4 heteroatoms. The molecular formula is C24H28N2O2. The summed E-state index contributed by atoms with van der Waals surface area (Å²) in [6.07, 6.45) is 7.95. The van der Waals surface area contributed by atoms with Gasteiger partial charge in [-0.05, 0) is 30.3 Å². The highest BCUT2D eigenvalue weighted by atomic mass is 16.5. The summed E-state index contributed by atoms with van der Waals surface area (Å²) in [7, 11) is 3.84. The maximum Gasteiger partial charge on any atom is 0.128 e. The van der Waals surface area contributed by atoms with E-state index < -0.39 is 5.60 Å². The van der Waals surface area contributed by atoms with Gasteiger partial charge in [-0.15, -0.1) is 0 Å². The third kappa shape index (κ3) is 3.39. The number of rotatable bonds is 4. The second kappa shape index (κ2) is 7.92. The van der Waals surface area contributed by atoms with Crippen LogP contribution in [0.25, 0.3) is 6.08 Å². The van der Waals surface area contributed by atoms with E-state index in [0.29, 0.717) is 0 Å². The lowest BCUT2D eigenvalue weighted by atomic mass is 9.79. The topological polar surface area (TPSA) is 35.9 Å². The first-order valence-electron chi connectivity index (χ1n) is 9.87. The number of fused-ring (bicyclic) bond motifs is 1. The van der Waals surface area contributed by atoms with Crippen LogP contribution in [-0.2, 0) is 5.60 Å². The Bertz CT molecular complexity index is 884. The third-order valence-electron chi connectivity index (χ3n) is 5.88. The number of methoxy groups -OCH3 is 1. The number of likely N-dealkylation sites (N-methyl/N-ethyl adjacent to an activating group) is 1. The molecule has 2 unspecified atom stereocenters. The van der Waals surface area contributed by atoms with Crippen molar-refractivity contribution in [1.82, 2.24) is 9.80 Å². The van der Waals surface area contributed by atoms with E-state index in [2.05, 4.69) is 35.1 Å². The molecule has 0 spiro atoms. The first-order chi connectivity index (χ1) is 13.6. The van der Waals surface area contributed by atoms with Gasteiger partial charge in [0, 0.05) is 31.7 Å². The second-order valence-corrected chi connectivity index (χ2v) is 7.61. The van der Waals surface area contributed by atoms with Gasteiger partial charge in [-0.3, -0.25) is 4.90 Å². The van der Waals surface area contributed by atoms with Gasteiger partial charge in [0.15, 0.2) is 0 Å². The number of aliphatic hydroxyl groups is 1. The van der Waals surface area contributed by atoms with Gasteiger partial charge in [-0.1, -0.05) is 60.7 Å². The predicted octanol–water partition coefficient (Wildman–Crippen LogP) is 3.45. The minimum atomic E-state index is -1.16. The Morgan fingerprint density at radius 1 is 0.964 bits per heavy atom. The van der Waals surface area contributed by atoms with Gasteiger partial charge >= 0.3 is 0 Å². The lowest BCUT2D eigenvalue weighted by Gasteiger charge is -2.45. The van der Waals surface area contributed by atoms with Crippen LogP contribution < -0.4 is 4.74 Å². The molecule has 0 amide bonds. The molecule has 1 saturated heterocycles. The standard InChI is InChI=1S/C24H28N2O2/c1-25-15-17-26(18-16-25)23(20-11-4-6-13-22(20)28-2)24(27)14-8-7-10-19-9-3-5-12-21(19)24/h3-14,23,27H,15-18H2,1-2H3. The molecule has 0 bridgehead atoms. The molecule has 1 fully saturated rings. The molecule has 2 aromatic carbocycles. The van der Waals surface area contributed by atoms with Crippen LogP contribution in [0, 0.1) is 0 Å². The van der Waals surface area contributed by atoms with Gasteiger partial charge in [0.05, 0.1) is 13.2 Å². The molecule has 2 atom stereocenters. The Kier molecular flexibility index (Phi) is 5.36. The van der Waals surface area contributed by atoms with Crippen LogP contribution in [0.2, 0.25) is 0 Å². The average molecular weight is 376 g/mol. The molecule has 2 aromatic rings. The van der Waals surface area contributed by atoms with Crippen molar-refractivity contribution < 1.29 is 9.84 Å². The number of para-hydroxylation sites is 1. The monoisotopic (exact) mass is 376 g/mol. The number of ether oxygens (including phenoxy) is 1. The summed E-state index contributed by atoms with van der Waals surface area (Å²) in [5.74, 6) is 0.808. The highest BCUT2D eigenvalue weighted by Gasteiger charge is 2.44. The number of hydrogen-bond donors (Lipinski definition) is 1. The SMILES string of the molecule is COc1ccccc1C(N1CCN(C)CC1)C1(O)C=CC=Cc2ccccc21. The van der Waals surface area contributed by atoms with E-state index in [4.69, 9.17) is 4.74 Å². The van der Waals surface area contributed by atoms with Crippen molar-refractivity contribution in [3.63, 3.8) is 0 Å². The van der Waals surface area contributed by atoms with E-state index in [1.807, 2.05) is 54.6 Å². The van der Waals surface area contributed by atoms with Crippen molar-refractivity contribution in [3.05, 3.63) is 83.4 Å². The number of allylic oxidation sites excluding steroid dienone is 2. The molecule has 0 radical (unpaired) electrons. The van der Waals surface area contributed by atoms with Gasteiger partial charge in [0.25, 0.3) is 0 Å². The largest absolute Gasteiger partial charge is 0.496 e. The molecule has 4 rings (SSSR count). The molecule has 0 saturated carbocycles. The van der Waals surface area contributed by atoms with Crippen LogP contribution >= 0.6 is 0 Å². The van der Waals surface area contributed by atoms with Crippen molar-refractivity contribution in [1.29, 1.82) is 0 Å². The Morgan fingerprint density at radius 3 is 2.46 bits per heavy atom. The zero-order valence-electron chi connectivity index (χ0n) is 16.6. The lowest BCUT2D eigenvalue weighted by molar-refractivity contribution is -0.0328. The van der Waals surface area contributed by atoms with Crippen LogP contribution in [0.1, 0.15) is 22.7 Å². The maximum absolute atomic E-state index is 12.2. The minimum Gasteiger partial charge on any atom is -0.496 e. The first-order valence-corrected chi connectivity index (χ1v) is 9.87. The van der Waals surface area contributed by atoms with Gasteiger partial charge in [0.2, 0.25) is 0 Å². The average Bonchev–Trinajstić information content (AvgIpc) is 2.90. The van der Waals surface area contributed by atoms with Crippen LogP contribution in [0.3, 0.4) is 0 Å². The quantitative estimate of drug-likeness (QED) is 0.887. The van der Waals surface area contributed by atoms with Crippen LogP contribution in [0.5, 0.6) is 5.75 Å². The summed E-state index contributed by atoms with van der Waals surface area (Å²) in [4.78, 5) is 4.72. The van der Waals surface area contributed by atoms with E-state index in [0.717, 1.165) is 48.6 Å². The normalized spacial score (nSPS) is 23.8. The fourth-order valence-corrected chi connectivity index (χ4v) is 4.38.